The van der Waals surface area contributed by atoms with E-state index in [4.69, 9.17) is 10.9 Å². The molecule has 0 aromatic carbocycles. The zero-order chi connectivity index (χ0) is 5.44. The van der Waals surface area contributed by atoms with E-state index in [1.54, 1.807) is 0 Å². The molecule has 1 atom stereocenters. The molecule has 1 amide bonds. The second kappa shape index (κ2) is 1.18. The first-order chi connectivity index (χ1) is 3.22. The van der Waals surface area contributed by atoms with E-state index in [1.165, 1.54) is 0 Å². The standard InChI is InChI=1S/C3H6N2O2/c4-2-1-5(7)3(2)6/h2,7H,1,4H2. The van der Waals surface area contributed by atoms with Crippen LogP contribution in [0.3, 0.4) is 0 Å². The van der Waals surface area contributed by atoms with Gasteiger partial charge in [0.15, 0.2) is 0 Å². The number of amides is 1. The molecule has 4 nitrogen and oxygen atoms in total. The number of hydrogen-bond donors (Lipinski definition) is 2. The first-order valence-electron chi connectivity index (χ1n) is 1.97. The van der Waals surface area contributed by atoms with Gasteiger partial charge in [0, 0.05) is 0 Å². The fraction of sp³-hybridized carbons (Fsp3) is 0.667. The van der Waals surface area contributed by atoms with Crippen molar-refractivity contribution in [1.82, 2.24) is 5.06 Å². The maximum absolute atomic E-state index is 10.1. The van der Waals surface area contributed by atoms with Crippen LogP contribution in [-0.2, 0) is 4.79 Å². The summed E-state index contributed by atoms with van der Waals surface area (Å²) in [5.74, 6) is -0.389. The summed E-state index contributed by atoms with van der Waals surface area (Å²) in [6.07, 6.45) is 0. The van der Waals surface area contributed by atoms with Crippen LogP contribution in [0, 0.1) is 0 Å². The average molecular weight is 102 g/mol. The molecule has 0 bridgehead atoms. The van der Waals surface area contributed by atoms with Crippen LogP contribution in [0.2, 0.25) is 0 Å². The van der Waals surface area contributed by atoms with Gasteiger partial charge in [-0.25, -0.2) is 5.06 Å². The molecule has 0 aromatic rings. The van der Waals surface area contributed by atoms with Gasteiger partial charge in [0.2, 0.25) is 0 Å². The fourth-order valence-electron chi connectivity index (χ4n) is 0.433. The maximum atomic E-state index is 10.1. The smallest absolute Gasteiger partial charge is 0.264 e. The predicted molar refractivity (Wildman–Crippen MR) is 21.5 cm³/mol. The quantitative estimate of drug-likeness (QED) is 0.290. The third kappa shape index (κ3) is 0.477. The molecule has 1 aliphatic rings. The SMILES string of the molecule is NC1CN(O)C1=O. The second-order valence-corrected chi connectivity index (χ2v) is 1.53. The zero-order valence-electron chi connectivity index (χ0n) is 3.66. The van der Waals surface area contributed by atoms with Gasteiger partial charge >= 0.3 is 0 Å². The first kappa shape index (κ1) is 4.55. The minimum absolute atomic E-state index is 0.277. The van der Waals surface area contributed by atoms with E-state index < -0.39 is 6.04 Å². The van der Waals surface area contributed by atoms with Crippen molar-refractivity contribution >= 4 is 5.91 Å². The van der Waals surface area contributed by atoms with E-state index in [1.807, 2.05) is 0 Å². The molecule has 7 heavy (non-hydrogen) atoms. The molecule has 0 aromatic heterocycles. The summed E-state index contributed by atoms with van der Waals surface area (Å²) in [4.78, 5) is 10.1. The van der Waals surface area contributed by atoms with Gasteiger partial charge in [-0.1, -0.05) is 0 Å². The van der Waals surface area contributed by atoms with Gasteiger partial charge in [0.25, 0.3) is 5.91 Å². The van der Waals surface area contributed by atoms with Crippen molar-refractivity contribution in [2.45, 2.75) is 6.04 Å². The molecule has 1 heterocycles. The van der Waals surface area contributed by atoms with Crippen molar-refractivity contribution in [2.75, 3.05) is 6.54 Å². The molecular weight excluding hydrogens is 96.0 g/mol. The molecular formula is C3H6N2O2. The lowest BCUT2D eigenvalue weighted by atomic mass is 10.2. The number of hydroxylamine groups is 2. The topological polar surface area (TPSA) is 66.6 Å². The largest absolute Gasteiger partial charge is 0.318 e. The molecule has 0 radical (unpaired) electrons. The molecule has 1 rings (SSSR count). The van der Waals surface area contributed by atoms with Crippen molar-refractivity contribution in [1.29, 1.82) is 0 Å². The molecule has 4 heteroatoms. The number of nitrogens with two attached hydrogens (primary N) is 1. The molecule has 1 aliphatic heterocycles. The number of carbonyl (C=O) groups is 1. The summed E-state index contributed by atoms with van der Waals surface area (Å²) < 4.78 is 0. The van der Waals surface area contributed by atoms with Crippen LogP contribution in [0.4, 0.5) is 0 Å². The Morgan fingerprint density at radius 3 is 2.57 bits per heavy atom. The number of nitrogens with zero attached hydrogens (tertiary/aromatic N) is 1. The molecule has 40 valence electrons. The van der Waals surface area contributed by atoms with Gasteiger partial charge in [0.1, 0.15) is 6.04 Å². The number of β-lactam (4-membered cyclic amide) rings is 1. The van der Waals surface area contributed by atoms with E-state index in [-0.39, 0.29) is 12.5 Å². The lowest BCUT2D eigenvalue weighted by Crippen LogP contribution is -2.59. The van der Waals surface area contributed by atoms with Gasteiger partial charge in [-0.2, -0.15) is 0 Å². The van der Waals surface area contributed by atoms with E-state index in [2.05, 4.69) is 0 Å². The van der Waals surface area contributed by atoms with Gasteiger partial charge in [0.05, 0.1) is 6.54 Å². The van der Waals surface area contributed by atoms with Crippen LogP contribution in [0.1, 0.15) is 0 Å². The zero-order valence-corrected chi connectivity index (χ0v) is 3.66. The molecule has 0 saturated carbocycles. The van der Waals surface area contributed by atoms with Crippen molar-refractivity contribution in [3.8, 4) is 0 Å². The maximum Gasteiger partial charge on any atom is 0.264 e. The molecule has 0 aliphatic carbocycles. The highest BCUT2D eigenvalue weighted by Gasteiger charge is 2.31. The van der Waals surface area contributed by atoms with Crippen molar-refractivity contribution in [3.63, 3.8) is 0 Å². The number of hydrogen-bond acceptors (Lipinski definition) is 3. The van der Waals surface area contributed by atoms with E-state index >= 15 is 0 Å². The number of rotatable bonds is 0. The highest BCUT2D eigenvalue weighted by atomic mass is 16.5. The summed E-state index contributed by atoms with van der Waals surface area (Å²) >= 11 is 0. The summed E-state index contributed by atoms with van der Waals surface area (Å²) in [6, 6.07) is -0.454. The summed E-state index contributed by atoms with van der Waals surface area (Å²) in [5, 5.41) is 8.89. The van der Waals surface area contributed by atoms with Crippen LogP contribution in [0.5, 0.6) is 0 Å². The van der Waals surface area contributed by atoms with Crippen LogP contribution in [0.15, 0.2) is 0 Å². The molecule has 3 N–H and O–H groups in total. The predicted octanol–water partition coefficient (Wildman–Crippen LogP) is -1.45. The fourth-order valence-corrected chi connectivity index (χ4v) is 0.433. The van der Waals surface area contributed by atoms with E-state index in [0.717, 1.165) is 0 Å². The number of carbonyl (C=O) groups excluding carboxylic acids is 1. The highest BCUT2D eigenvalue weighted by Crippen LogP contribution is 2.01. The Labute approximate surface area is 40.5 Å². The monoisotopic (exact) mass is 102 g/mol. The Kier molecular flexibility index (Phi) is 0.765. The first-order valence-corrected chi connectivity index (χ1v) is 1.97. The molecule has 1 fully saturated rings. The Morgan fingerprint density at radius 1 is 2.00 bits per heavy atom. The molecule has 1 saturated heterocycles. The lowest BCUT2D eigenvalue weighted by Gasteiger charge is -2.29. The highest BCUT2D eigenvalue weighted by molar-refractivity contribution is 5.86. The second-order valence-electron chi connectivity index (χ2n) is 1.53. The van der Waals surface area contributed by atoms with Crippen LogP contribution in [-0.4, -0.2) is 28.8 Å². The van der Waals surface area contributed by atoms with Crippen molar-refractivity contribution in [2.24, 2.45) is 5.73 Å². The van der Waals surface area contributed by atoms with Crippen molar-refractivity contribution < 1.29 is 10.0 Å². The third-order valence-electron chi connectivity index (χ3n) is 0.941. The van der Waals surface area contributed by atoms with Gasteiger partial charge in [-0.15, -0.1) is 0 Å². The van der Waals surface area contributed by atoms with Gasteiger partial charge in [-0.3, -0.25) is 10.0 Å². The minimum Gasteiger partial charge on any atom is -0.318 e. The third-order valence-corrected chi connectivity index (χ3v) is 0.941. The summed E-state index contributed by atoms with van der Waals surface area (Å²) in [7, 11) is 0. The Bertz CT molecular complexity index is 93.1. The summed E-state index contributed by atoms with van der Waals surface area (Å²) in [6.45, 7) is 0.277. The average Bonchev–Trinajstić information content (AvgIpc) is 1.68. The minimum atomic E-state index is -0.454. The van der Waals surface area contributed by atoms with E-state index in [0.29, 0.717) is 5.06 Å². The molecule has 1 unspecified atom stereocenters. The summed E-state index contributed by atoms with van der Waals surface area (Å²) in [5.41, 5.74) is 5.06. The van der Waals surface area contributed by atoms with Crippen LogP contribution >= 0.6 is 0 Å². The Morgan fingerprint density at radius 2 is 2.57 bits per heavy atom. The van der Waals surface area contributed by atoms with Crippen molar-refractivity contribution in [3.05, 3.63) is 0 Å². The van der Waals surface area contributed by atoms with Gasteiger partial charge < -0.3 is 5.73 Å². The normalized spacial score (nSPS) is 30.3. The van der Waals surface area contributed by atoms with Crippen LogP contribution in [0.25, 0.3) is 0 Å². The Hall–Kier alpha value is -0.610. The van der Waals surface area contributed by atoms with Crippen LogP contribution < -0.4 is 5.73 Å². The lowest BCUT2D eigenvalue weighted by molar-refractivity contribution is -0.188. The van der Waals surface area contributed by atoms with Gasteiger partial charge in [-0.05, 0) is 0 Å². The Balaban J connectivity index is 2.44. The van der Waals surface area contributed by atoms with E-state index in [9.17, 15) is 4.79 Å². The molecule has 0 spiro atoms.